The van der Waals surface area contributed by atoms with E-state index in [1.807, 2.05) is 0 Å². The first kappa shape index (κ1) is 12.5. The number of carbonyl (C=O) groups excluding carboxylic acids is 1. The van der Waals surface area contributed by atoms with Gasteiger partial charge < -0.3 is 16.2 Å². The number of carbonyl (C=O) groups is 2. The summed E-state index contributed by atoms with van der Waals surface area (Å²) in [5.41, 5.74) is 4.70. The monoisotopic (exact) mass is 252 g/mol. The second kappa shape index (κ2) is 4.38. The number of hydrogen-bond acceptors (Lipinski definition) is 3. The second-order valence-corrected chi connectivity index (χ2v) is 4.46. The highest BCUT2D eigenvalue weighted by atomic mass is 19.1. The first-order valence-electron chi connectivity index (χ1n) is 5.55. The molecular weight excluding hydrogens is 239 g/mol. The smallest absolute Gasteiger partial charge is 0.338 e. The lowest BCUT2D eigenvalue weighted by molar-refractivity contribution is -0.123. The SMILES string of the molecule is NC1(C(=O)Nc2ccc(F)c(C(=O)O)c2)CCC1. The maximum atomic E-state index is 13.2. The largest absolute Gasteiger partial charge is 0.478 e. The summed E-state index contributed by atoms with van der Waals surface area (Å²) in [6.07, 6.45) is 2.10. The number of halogens is 1. The van der Waals surface area contributed by atoms with Crippen LogP contribution in [0.4, 0.5) is 10.1 Å². The Morgan fingerprint density at radius 2 is 2.06 bits per heavy atom. The lowest BCUT2D eigenvalue weighted by Crippen LogP contribution is -2.56. The first-order valence-corrected chi connectivity index (χ1v) is 5.55. The molecule has 2 rings (SSSR count). The van der Waals surface area contributed by atoms with Crippen molar-refractivity contribution in [2.75, 3.05) is 5.32 Å². The van der Waals surface area contributed by atoms with Crippen LogP contribution in [0.1, 0.15) is 29.6 Å². The number of nitrogens with one attached hydrogen (secondary N) is 1. The highest BCUT2D eigenvalue weighted by Crippen LogP contribution is 2.30. The normalized spacial score (nSPS) is 16.8. The van der Waals surface area contributed by atoms with Crippen molar-refractivity contribution in [2.24, 2.45) is 5.73 Å². The zero-order valence-corrected chi connectivity index (χ0v) is 9.57. The number of benzene rings is 1. The van der Waals surface area contributed by atoms with Crippen LogP contribution in [0.2, 0.25) is 0 Å². The van der Waals surface area contributed by atoms with E-state index in [1.165, 1.54) is 6.07 Å². The van der Waals surface area contributed by atoms with Gasteiger partial charge in [-0.3, -0.25) is 4.79 Å². The van der Waals surface area contributed by atoms with Crippen molar-refractivity contribution in [3.63, 3.8) is 0 Å². The number of carboxylic acid groups (broad SMARTS) is 1. The Hall–Kier alpha value is -1.95. The molecule has 0 aliphatic heterocycles. The van der Waals surface area contributed by atoms with Crippen molar-refractivity contribution < 1.29 is 19.1 Å². The standard InChI is InChI=1S/C12H13FN2O3/c13-9-3-2-7(6-8(9)10(16)17)15-11(18)12(14)4-1-5-12/h2-3,6H,1,4-5,14H2,(H,15,18)(H,16,17). The minimum atomic E-state index is -1.38. The quantitative estimate of drug-likeness (QED) is 0.757. The van der Waals surface area contributed by atoms with Gasteiger partial charge in [-0.1, -0.05) is 0 Å². The van der Waals surface area contributed by atoms with Crippen LogP contribution in [0.3, 0.4) is 0 Å². The third-order valence-corrected chi connectivity index (χ3v) is 3.15. The number of rotatable bonds is 3. The van der Waals surface area contributed by atoms with Gasteiger partial charge >= 0.3 is 5.97 Å². The molecule has 96 valence electrons. The van der Waals surface area contributed by atoms with Gasteiger partial charge in [-0.25, -0.2) is 9.18 Å². The molecule has 1 aliphatic rings. The maximum Gasteiger partial charge on any atom is 0.338 e. The number of anilines is 1. The molecule has 1 aliphatic carbocycles. The Bertz CT molecular complexity index is 512. The van der Waals surface area contributed by atoms with Crippen LogP contribution in [-0.2, 0) is 4.79 Å². The fourth-order valence-electron chi connectivity index (χ4n) is 1.81. The summed E-state index contributed by atoms with van der Waals surface area (Å²) in [5.74, 6) is -2.59. The summed E-state index contributed by atoms with van der Waals surface area (Å²) in [7, 11) is 0. The molecule has 18 heavy (non-hydrogen) atoms. The van der Waals surface area contributed by atoms with Crippen LogP contribution in [-0.4, -0.2) is 22.5 Å². The van der Waals surface area contributed by atoms with Gasteiger partial charge in [0.1, 0.15) is 5.82 Å². The van der Waals surface area contributed by atoms with Gasteiger partial charge in [-0.05, 0) is 37.5 Å². The Morgan fingerprint density at radius 3 is 2.56 bits per heavy atom. The van der Waals surface area contributed by atoms with Gasteiger partial charge in [-0.2, -0.15) is 0 Å². The van der Waals surface area contributed by atoms with E-state index in [0.29, 0.717) is 12.8 Å². The number of carboxylic acids is 1. The molecule has 0 spiro atoms. The van der Waals surface area contributed by atoms with Crippen LogP contribution < -0.4 is 11.1 Å². The molecule has 6 heteroatoms. The van der Waals surface area contributed by atoms with E-state index in [1.54, 1.807) is 0 Å². The molecular formula is C12H13FN2O3. The fourth-order valence-corrected chi connectivity index (χ4v) is 1.81. The van der Waals surface area contributed by atoms with E-state index >= 15 is 0 Å². The van der Waals surface area contributed by atoms with Crippen LogP contribution >= 0.6 is 0 Å². The maximum absolute atomic E-state index is 13.2. The lowest BCUT2D eigenvalue weighted by Gasteiger charge is -2.36. The Kier molecular flexibility index (Phi) is 3.04. The van der Waals surface area contributed by atoms with Crippen molar-refractivity contribution in [1.29, 1.82) is 0 Å². The van der Waals surface area contributed by atoms with Crippen LogP contribution in [0, 0.1) is 5.82 Å². The summed E-state index contributed by atoms with van der Waals surface area (Å²) in [6.45, 7) is 0. The van der Waals surface area contributed by atoms with E-state index in [-0.39, 0.29) is 11.6 Å². The van der Waals surface area contributed by atoms with E-state index in [0.717, 1.165) is 18.6 Å². The number of aromatic carboxylic acids is 1. The summed E-state index contributed by atoms with van der Waals surface area (Å²) >= 11 is 0. The molecule has 0 heterocycles. The predicted molar refractivity (Wildman–Crippen MR) is 62.8 cm³/mol. The first-order chi connectivity index (χ1) is 8.42. The molecule has 1 fully saturated rings. The van der Waals surface area contributed by atoms with Crippen molar-refractivity contribution in [3.8, 4) is 0 Å². The van der Waals surface area contributed by atoms with E-state index in [9.17, 15) is 14.0 Å². The molecule has 4 N–H and O–H groups in total. The van der Waals surface area contributed by atoms with Gasteiger partial charge in [0.05, 0.1) is 11.1 Å². The van der Waals surface area contributed by atoms with Crippen molar-refractivity contribution in [2.45, 2.75) is 24.8 Å². The Morgan fingerprint density at radius 1 is 1.39 bits per heavy atom. The average Bonchev–Trinajstić information content (AvgIpc) is 2.28. The number of hydrogen-bond donors (Lipinski definition) is 3. The van der Waals surface area contributed by atoms with Gasteiger partial charge in [0.15, 0.2) is 0 Å². The van der Waals surface area contributed by atoms with Crippen molar-refractivity contribution in [1.82, 2.24) is 0 Å². The third kappa shape index (κ3) is 2.19. The predicted octanol–water partition coefficient (Wildman–Crippen LogP) is 1.34. The summed E-state index contributed by atoms with van der Waals surface area (Å²) in [4.78, 5) is 22.6. The molecule has 1 aromatic rings. The summed E-state index contributed by atoms with van der Waals surface area (Å²) in [6, 6.07) is 3.39. The molecule has 0 unspecified atom stereocenters. The molecule has 0 bridgehead atoms. The second-order valence-electron chi connectivity index (χ2n) is 4.46. The van der Waals surface area contributed by atoms with Crippen LogP contribution in [0.15, 0.2) is 18.2 Å². The zero-order valence-electron chi connectivity index (χ0n) is 9.57. The van der Waals surface area contributed by atoms with E-state index < -0.39 is 22.9 Å². The fraction of sp³-hybridized carbons (Fsp3) is 0.333. The molecule has 0 radical (unpaired) electrons. The molecule has 0 saturated heterocycles. The molecule has 1 aromatic carbocycles. The minimum Gasteiger partial charge on any atom is -0.478 e. The van der Waals surface area contributed by atoms with Crippen molar-refractivity contribution in [3.05, 3.63) is 29.6 Å². The molecule has 5 nitrogen and oxygen atoms in total. The van der Waals surface area contributed by atoms with Crippen molar-refractivity contribution >= 4 is 17.6 Å². The topological polar surface area (TPSA) is 92.4 Å². The number of nitrogens with two attached hydrogens (primary N) is 1. The van der Waals surface area contributed by atoms with Crippen LogP contribution in [0.25, 0.3) is 0 Å². The average molecular weight is 252 g/mol. The zero-order chi connectivity index (χ0) is 13.3. The van der Waals surface area contributed by atoms with Gasteiger partial charge in [0.2, 0.25) is 5.91 Å². The third-order valence-electron chi connectivity index (χ3n) is 3.15. The molecule has 1 amide bonds. The minimum absolute atomic E-state index is 0.232. The van der Waals surface area contributed by atoms with Gasteiger partial charge in [0.25, 0.3) is 0 Å². The van der Waals surface area contributed by atoms with Crippen LogP contribution in [0.5, 0.6) is 0 Å². The molecule has 0 atom stereocenters. The van der Waals surface area contributed by atoms with Gasteiger partial charge in [-0.15, -0.1) is 0 Å². The Labute approximate surface area is 103 Å². The summed E-state index contributed by atoms with van der Waals surface area (Å²) < 4.78 is 13.2. The van der Waals surface area contributed by atoms with E-state index in [2.05, 4.69) is 5.32 Å². The molecule has 1 saturated carbocycles. The van der Waals surface area contributed by atoms with E-state index in [4.69, 9.17) is 10.8 Å². The molecule has 0 aromatic heterocycles. The highest BCUT2D eigenvalue weighted by molar-refractivity contribution is 5.99. The Balaban J connectivity index is 2.17. The number of amides is 1. The van der Waals surface area contributed by atoms with Gasteiger partial charge in [0, 0.05) is 5.69 Å². The lowest BCUT2D eigenvalue weighted by atomic mass is 9.77. The highest BCUT2D eigenvalue weighted by Gasteiger charge is 2.40. The summed E-state index contributed by atoms with van der Waals surface area (Å²) in [5, 5.41) is 11.3.